The fourth-order valence-electron chi connectivity index (χ4n) is 1.36. The maximum absolute atomic E-state index is 11.5. The Labute approximate surface area is 91.4 Å². The third-order valence-corrected chi connectivity index (χ3v) is 2.57. The van der Waals surface area contributed by atoms with Gasteiger partial charge in [0, 0.05) is 6.04 Å². The largest absolute Gasteiger partial charge is 0.393 e. The lowest BCUT2D eigenvalue weighted by molar-refractivity contribution is -0.122. The highest BCUT2D eigenvalue weighted by atomic mass is 16.3. The molecule has 0 spiro atoms. The number of carbonyl (C=O) groups is 1. The molecule has 1 rings (SSSR count). The molecule has 0 aromatic carbocycles. The Morgan fingerprint density at radius 2 is 2.13 bits per heavy atom. The van der Waals surface area contributed by atoms with E-state index in [1.807, 2.05) is 6.92 Å². The van der Waals surface area contributed by atoms with Crippen molar-refractivity contribution in [3.05, 3.63) is 0 Å². The van der Waals surface area contributed by atoms with Gasteiger partial charge in [0.2, 0.25) is 5.91 Å². The Morgan fingerprint density at radius 3 is 2.67 bits per heavy atom. The van der Waals surface area contributed by atoms with Crippen LogP contribution < -0.4 is 10.6 Å². The van der Waals surface area contributed by atoms with Crippen LogP contribution in [0.2, 0.25) is 0 Å². The molecule has 0 heterocycles. The number of rotatable bonds is 7. The third kappa shape index (κ3) is 5.74. The molecule has 4 nitrogen and oxygen atoms in total. The van der Waals surface area contributed by atoms with Gasteiger partial charge in [-0.15, -0.1) is 0 Å². The molecule has 2 atom stereocenters. The van der Waals surface area contributed by atoms with Crippen LogP contribution in [-0.2, 0) is 4.79 Å². The van der Waals surface area contributed by atoms with Gasteiger partial charge in [0.05, 0.1) is 12.1 Å². The summed E-state index contributed by atoms with van der Waals surface area (Å²) in [4.78, 5) is 11.5. The molecule has 4 heteroatoms. The minimum Gasteiger partial charge on any atom is -0.393 e. The van der Waals surface area contributed by atoms with Gasteiger partial charge in [-0.05, 0) is 46.1 Å². The summed E-state index contributed by atoms with van der Waals surface area (Å²) in [5.41, 5.74) is 0. The summed E-state index contributed by atoms with van der Waals surface area (Å²) in [7, 11) is 0. The Balaban J connectivity index is 2.01. The van der Waals surface area contributed by atoms with Crippen molar-refractivity contribution in [1.29, 1.82) is 0 Å². The zero-order valence-electron chi connectivity index (χ0n) is 9.62. The lowest BCUT2D eigenvalue weighted by Gasteiger charge is -2.13. The Hall–Kier alpha value is -0.610. The van der Waals surface area contributed by atoms with Crippen LogP contribution >= 0.6 is 0 Å². The van der Waals surface area contributed by atoms with E-state index in [0.29, 0.717) is 6.04 Å². The van der Waals surface area contributed by atoms with Crippen LogP contribution in [0, 0.1) is 0 Å². The average molecular weight is 214 g/mol. The van der Waals surface area contributed by atoms with Crippen molar-refractivity contribution in [1.82, 2.24) is 10.6 Å². The fourth-order valence-corrected chi connectivity index (χ4v) is 1.36. The zero-order chi connectivity index (χ0) is 11.3. The molecule has 0 radical (unpaired) electrons. The van der Waals surface area contributed by atoms with Gasteiger partial charge in [0.25, 0.3) is 0 Å². The summed E-state index contributed by atoms with van der Waals surface area (Å²) in [6.45, 7) is 4.44. The van der Waals surface area contributed by atoms with Gasteiger partial charge < -0.3 is 15.7 Å². The van der Waals surface area contributed by atoms with E-state index in [-0.39, 0.29) is 18.1 Å². The van der Waals surface area contributed by atoms with E-state index < -0.39 is 0 Å². The topological polar surface area (TPSA) is 61.4 Å². The van der Waals surface area contributed by atoms with Gasteiger partial charge in [-0.3, -0.25) is 4.79 Å². The predicted octanol–water partition coefficient (Wildman–Crippen LogP) is 0.404. The van der Waals surface area contributed by atoms with Gasteiger partial charge in [0.15, 0.2) is 0 Å². The smallest absolute Gasteiger partial charge is 0.237 e. The monoisotopic (exact) mass is 214 g/mol. The quantitative estimate of drug-likeness (QED) is 0.538. The summed E-state index contributed by atoms with van der Waals surface area (Å²) in [5, 5.41) is 15.1. The lowest BCUT2D eigenvalue weighted by Crippen LogP contribution is -2.43. The van der Waals surface area contributed by atoms with Crippen molar-refractivity contribution < 1.29 is 9.90 Å². The molecule has 0 aliphatic heterocycles. The van der Waals surface area contributed by atoms with Crippen LogP contribution in [0.5, 0.6) is 0 Å². The molecule has 1 aliphatic rings. The number of hydrogen-bond acceptors (Lipinski definition) is 3. The SMILES string of the molecule is CC(O)CCCNC(C)C(=O)NC1CC1. The Kier molecular flexibility index (Phi) is 5.05. The molecule has 1 saturated carbocycles. The van der Waals surface area contributed by atoms with Gasteiger partial charge in [0.1, 0.15) is 0 Å². The molecule has 0 bridgehead atoms. The molecular weight excluding hydrogens is 192 g/mol. The highest BCUT2D eigenvalue weighted by Gasteiger charge is 2.25. The number of aliphatic hydroxyl groups excluding tert-OH is 1. The molecular formula is C11H22N2O2. The van der Waals surface area contributed by atoms with E-state index in [1.165, 1.54) is 0 Å². The molecule has 1 aliphatic carbocycles. The minimum absolute atomic E-state index is 0.0922. The van der Waals surface area contributed by atoms with Crippen molar-refractivity contribution in [2.45, 2.75) is 57.7 Å². The zero-order valence-corrected chi connectivity index (χ0v) is 9.62. The minimum atomic E-state index is -0.248. The Bertz CT molecular complexity index is 203. The van der Waals surface area contributed by atoms with Gasteiger partial charge in [-0.1, -0.05) is 0 Å². The van der Waals surface area contributed by atoms with Crippen LogP contribution in [0.1, 0.15) is 39.5 Å². The van der Waals surface area contributed by atoms with Crippen molar-refractivity contribution in [2.75, 3.05) is 6.54 Å². The van der Waals surface area contributed by atoms with E-state index in [9.17, 15) is 4.79 Å². The maximum atomic E-state index is 11.5. The molecule has 1 fully saturated rings. The molecule has 0 aromatic heterocycles. The molecule has 2 unspecified atom stereocenters. The van der Waals surface area contributed by atoms with Crippen molar-refractivity contribution >= 4 is 5.91 Å². The van der Waals surface area contributed by atoms with E-state index in [4.69, 9.17) is 5.11 Å². The van der Waals surface area contributed by atoms with E-state index in [0.717, 1.165) is 32.2 Å². The van der Waals surface area contributed by atoms with Crippen molar-refractivity contribution in [3.63, 3.8) is 0 Å². The molecule has 88 valence electrons. The van der Waals surface area contributed by atoms with Crippen LogP contribution in [0.4, 0.5) is 0 Å². The van der Waals surface area contributed by atoms with E-state index in [1.54, 1.807) is 6.92 Å². The normalized spacial score (nSPS) is 19.7. The van der Waals surface area contributed by atoms with Gasteiger partial charge >= 0.3 is 0 Å². The molecule has 3 N–H and O–H groups in total. The first-order valence-electron chi connectivity index (χ1n) is 5.81. The van der Waals surface area contributed by atoms with Crippen molar-refractivity contribution in [3.8, 4) is 0 Å². The van der Waals surface area contributed by atoms with E-state index >= 15 is 0 Å². The number of aliphatic hydroxyl groups is 1. The average Bonchev–Trinajstić information content (AvgIpc) is 2.95. The molecule has 15 heavy (non-hydrogen) atoms. The highest BCUT2D eigenvalue weighted by molar-refractivity contribution is 5.81. The molecule has 0 saturated heterocycles. The first-order valence-corrected chi connectivity index (χ1v) is 5.81. The van der Waals surface area contributed by atoms with Crippen LogP contribution in [0.15, 0.2) is 0 Å². The second-order valence-corrected chi connectivity index (χ2v) is 4.45. The summed E-state index contributed by atoms with van der Waals surface area (Å²) in [6, 6.07) is 0.304. The number of nitrogens with one attached hydrogen (secondary N) is 2. The fraction of sp³-hybridized carbons (Fsp3) is 0.909. The standard InChI is InChI=1S/C11H22N2O2/c1-8(14)4-3-7-12-9(2)11(15)13-10-5-6-10/h8-10,12,14H,3-7H2,1-2H3,(H,13,15). The third-order valence-electron chi connectivity index (χ3n) is 2.57. The second-order valence-electron chi connectivity index (χ2n) is 4.45. The maximum Gasteiger partial charge on any atom is 0.237 e. The Morgan fingerprint density at radius 1 is 1.47 bits per heavy atom. The summed E-state index contributed by atoms with van der Waals surface area (Å²) in [6.07, 6.45) is 3.69. The van der Waals surface area contributed by atoms with E-state index in [2.05, 4.69) is 10.6 Å². The predicted molar refractivity (Wildman–Crippen MR) is 59.5 cm³/mol. The molecule has 1 amide bonds. The second kappa shape index (κ2) is 6.08. The number of carbonyl (C=O) groups excluding carboxylic acids is 1. The van der Waals surface area contributed by atoms with Crippen LogP contribution in [0.25, 0.3) is 0 Å². The van der Waals surface area contributed by atoms with Crippen LogP contribution in [-0.4, -0.2) is 35.7 Å². The summed E-state index contributed by atoms with van der Waals surface area (Å²) < 4.78 is 0. The number of hydrogen-bond donors (Lipinski definition) is 3. The number of amides is 1. The van der Waals surface area contributed by atoms with Gasteiger partial charge in [-0.25, -0.2) is 0 Å². The first kappa shape index (κ1) is 12.5. The molecule has 0 aromatic rings. The summed E-state index contributed by atoms with van der Waals surface area (Å²) in [5.74, 6) is 0.0922. The van der Waals surface area contributed by atoms with Crippen molar-refractivity contribution in [2.24, 2.45) is 0 Å². The van der Waals surface area contributed by atoms with Crippen LogP contribution in [0.3, 0.4) is 0 Å². The first-order chi connectivity index (χ1) is 7.09. The summed E-state index contributed by atoms with van der Waals surface area (Å²) >= 11 is 0. The lowest BCUT2D eigenvalue weighted by atomic mass is 10.2. The van der Waals surface area contributed by atoms with Gasteiger partial charge in [-0.2, -0.15) is 0 Å². The highest BCUT2D eigenvalue weighted by Crippen LogP contribution is 2.18.